The second-order valence-electron chi connectivity index (χ2n) is 7.80. The van der Waals surface area contributed by atoms with Gasteiger partial charge in [-0.3, -0.25) is 4.79 Å². The number of amides is 1. The number of alkyl halides is 2. The number of nitrogens with zero attached hydrogens (tertiary/aromatic N) is 4. The molecule has 33 heavy (non-hydrogen) atoms. The third-order valence-electron chi connectivity index (χ3n) is 5.29. The molecule has 2 atom stereocenters. The molecule has 0 radical (unpaired) electrons. The van der Waals surface area contributed by atoms with Crippen LogP contribution in [-0.2, 0) is 4.79 Å². The number of aromatic nitrogens is 4. The molecule has 2 heterocycles. The number of carbonyl (C=O) groups is 1. The summed E-state index contributed by atoms with van der Waals surface area (Å²) in [6, 6.07) is 14.2. The zero-order valence-corrected chi connectivity index (χ0v) is 18.0. The standard InChI is InChI=1S/C22H25F2N7O2/c1-14-13-31(10-9-25-14)15-7-8-18(17(11-15)21-27-29-30-28-21)26-22(32)19(12-20(23)24)33-16-5-3-2-4-6-16/h2-8,11,14,19-20,25H,9-10,12-13H2,1H3,(H,26,32)(H,27,28,29,30)/t14-,19-/m0/s1. The molecule has 2 aromatic carbocycles. The molecule has 1 aliphatic heterocycles. The number of nitrogens with one attached hydrogen (secondary N) is 3. The Hall–Kier alpha value is -3.60. The smallest absolute Gasteiger partial charge is 0.265 e. The third-order valence-corrected chi connectivity index (χ3v) is 5.29. The van der Waals surface area contributed by atoms with Gasteiger partial charge in [-0.15, -0.1) is 10.2 Å². The molecule has 1 amide bonds. The zero-order chi connectivity index (χ0) is 23.2. The van der Waals surface area contributed by atoms with E-state index in [-0.39, 0.29) is 5.82 Å². The van der Waals surface area contributed by atoms with Crippen LogP contribution in [-0.4, -0.2) is 64.7 Å². The van der Waals surface area contributed by atoms with Crippen LogP contribution in [0.2, 0.25) is 0 Å². The second-order valence-corrected chi connectivity index (χ2v) is 7.80. The molecule has 1 fully saturated rings. The number of halogens is 2. The molecule has 11 heteroatoms. The fourth-order valence-electron chi connectivity index (χ4n) is 3.71. The molecule has 9 nitrogen and oxygen atoms in total. The van der Waals surface area contributed by atoms with Gasteiger partial charge in [0.05, 0.1) is 12.1 Å². The Morgan fingerprint density at radius 1 is 1.27 bits per heavy atom. The lowest BCUT2D eigenvalue weighted by molar-refractivity contribution is -0.124. The first kappa shape index (κ1) is 22.6. The van der Waals surface area contributed by atoms with Gasteiger partial charge in [-0.2, -0.15) is 5.21 Å². The Morgan fingerprint density at radius 2 is 2.09 bits per heavy atom. The van der Waals surface area contributed by atoms with E-state index < -0.39 is 24.9 Å². The van der Waals surface area contributed by atoms with Crippen molar-refractivity contribution in [3.63, 3.8) is 0 Å². The van der Waals surface area contributed by atoms with Crippen molar-refractivity contribution >= 4 is 17.3 Å². The summed E-state index contributed by atoms with van der Waals surface area (Å²) in [5.74, 6) is -0.0722. The SMILES string of the molecule is C[C@H]1CN(c2ccc(NC(=O)[C@H](CC(F)F)Oc3ccccc3)c(-c3nn[nH]n3)c2)CCN1. The summed E-state index contributed by atoms with van der Waals surface area (Å²) in [4.78, 5) is 15.2. The van der Waals surface area contributed by atoms with Crippen molar-refractivity contribution in [2.45, 2.75) is 31.9 Å². The van der Waals surface area contributed by atoms with E-state index in [1.165, 1.54) is 0 Å². The maximum Gasteiger partial charge on any atom is 0.265 e. The molecule has 1 aliphatic rings. The lowest BCUT2D eigenvalue weighted by atomic mass is 10.1. The minimum Gasteiger partial charge on any atom is -0.480 e. The van der Waals surface area contributed by atoms with E-state index in [9.17, 15) is 13.6 Å². The molecular formula is C22H25F2N7O2. The van der Waals surface area contributed by atoms with Gasteiger partial charge in [-0.25, -0.2) is 8.78 Å². The van der Waals surface area contributed by atoms with Crippen molar-refractivity contribution in [2.75, 3.05) is 29.9 Å². The predicted octanol–water partition coefficient (Wildman–Crippen LogP) is 2.71. The summed E-state index contributed by atoms with van der Waals surface area (Å²) in [5, 5.41) is 20.2. The minimum absolute atomic E-state index is 0.282. The van der Waals surface area contributed by atoms with E-state index in [0.717, 1.165) is 25.3 Å². The van der Waals surface area contributed by atoms with Crippen LogP contribution in [0.4, 0.5) is 20.2 Å². The van der Waals surface area contributed by atoms with E-state index >= 15 is 0 Å². The van der Waals surface area contributed by atoms with Crippen LogP contribution in [0.25, 0.3) is 11.4 Å². The number of para-hydroxylation sites is 1. The van der Waals surface area contributed by atoms with Crippen molar-refractivity contribution in [1.82, 2.24) is 25.9 Å². The van der Waals surface area contributed by atoms with Crippen molar-refractivity contribution < 1.29 is 18.3 Å². The van der Waals surface area contributed by atoms with Crippen LogP contribution in [0.15, 0.2) is 48.5 Å². The summed E-state index contributed by atoms with van der Waals surface area (Å²) in [6.07, 6.45) is -4.83. The summed E-state index contributed by atoms with van der Waals surface area (Å²) < 4.78 is 31.9. The Morgan fingerprint density at radius 3 is 2.79 bits per heavy atom. The number of benzene rings is 2. The van der Waals surface area contributed by atoms with Crippen molar-refractivity contribution in [3.05, 3.63) is 48.5 Å². The van der Waals surface area contributed by atoms with Crippen molar-refractivity contribution in [3.8, 4) is 17.1 Å². The lowest BCUT2D eigenvalue weighted by Gasteiger charge is -2.34. The molecule has 174 valence electrons. The van der Waals surface area contributed by atoms with Gasteiger partial charge in [0.1, 0.15) is 5.75 Å². The lowest BCUT2D eigenvalue weighted by Crippen LogP contribution is -2.49. The number of hydrogen-bond acceptors (Lipinski definition) is 7. The van der Waals surface area contributed by atoms with Crippen LogP contribution in [0.3, 0.4) is 0 Å². The van der Waals surface area contributed by atoms with Crippen LogP contribution >= 0.6 is 0 Å². The Labute approximate surface area is 189 Å². The molecule has 0 bridgehead atoms. The van der Waals surface area contributed by atoms with Crippen LogP contribution in [0.5, 0.6) is 5.75 Å². The number of H-pyrrole nitrogens is 1. The molecule has 3 aromatic rings. The van der Waals surface area contributed by atoms with Crippen molar-refractivity contribution in [2.24, 2.45) is 0 Å². The maximum absolute atomic E-state index is 13.2. The van der Waals surface area contributed by atoms with Gasteiger partial charge in [0.15, 0.2) is 6.10 Å². The largest absolute Gasteiger partial charge is 0.480 e. The summed E-state index contributed by atoms with van der Waals surface area (Å²) in [5.41, 5.74) is 1.84. The van der Waals surface area contributed by atoms with Gasteiger partial charge in [0, 0.05) is 36.9 Å². The highest BCUT2D eigenvalue weighted by atomic mass is 19.3. The molecular weight excluding hydrogens is 432 g/mol. The molecule has 0 saturated carbocycles. The van der Waals surface area contributed by atoms with Crippen molar-refractivity contribution in [1.29, 1.82) is 0 Å². The quantitative estimate of drug-likeness (QED) is 0.477. The molecule has 4 rings (SSSR count). The zero-order valence-electron chi connectivity index (χ0n) is 18.0. The Kier molecular flexibility index (Phi) is 7.08. The highest BCUT2D eigenvalue weighted by Crippen LogP contribution is 2.31. The number of piperazine rings is 1. The summed E-state index contributed by atoms with van der Waals surface area (Å²) >= 11 is 0. The summed E-state index contributed by atoms with van der Waals surface area (Å²) in [7, 11) is 0. The highest BCUT2D eigenvalue weighted by molar-refractivity contribution is 5.98. The molecule has 1 aromatic heterocycles. The first-order valence-electron chi connectivity index (χ1n) is 10.7. The van der Waals surface area contributed by atoms with E-state index in [1.807, 2.05) is 12.1 Å². The number of hydrogen-bond donors (Lipinski definition) is 3. The van der Waals surface area contributed by atoms with Gasteiger partial charge in [-0.1, -0.05) is 18.2 Å². The number of anilines is 2. The van der Waals surface area contributed by atoms with Gasteiger partial charge in [0.25, 0.3) is 5.91 Å². The summed E-state index contributed by atoms with van der Waals surface area (Å²) in [6.45, 7) is 4.60. The molecule has 0 aliphatic carbocycles. The first-order valence-corrected chi connectivity index (χ1v) is 10.7. The van der Waals surface area contributed by atoms with Gasteiger partial charge in [-0.05, 0) is 42.5 Å². The number of aromatic amines is 1. The van der Waals surface area contributed by atoms with E-state index in [4.69, 9.17) is 4.74 Å². The van der Waals surface area contributed by atoms with E-state index in [0.29, 0.717) is 23.0 Å². The fraction of sp³-hybridized carbons (Fsp3) is 0.364. The van der Waals surface area contributed by atoms with Gasteiger partial charge < -0.3 is 20.3 Å². The monoisotopic (exact) mass is 457 g/mol. The molecule has 0 unspecified atom stereocenters. The molecule has 1 saturated heterocycles. The maximum atomic E-state index is 13.2. The number of carbonyl (C=O) groups excluding carboxylic acids is 1. The first-order chi connectivity index (χ1) is 16.0. The minimum atomic E-state index is -2.71. The average Bonchev–Trinajstić information content (AvgIpc) is 3.34. The number of ether oxygens (including phenoxy) is 1. The highest BCUT2D eigenvalue weighted by Gasteiger charge is 2.27. The molecule has 0 spiro atoms. The normalized spacial score (nSPS) is 17.1. The topological polar surface area (TPSA) is 108 Å². The van der Waals surface area contributed by atoms with Crippen LogP contribution < -0.4 is 20.3 Å². The Balaban J connectivity index is 1.59. The van der Waals surface area contributed by atoms with E-state index in [1.54, 1.807) is 36.4 Å². The molecule has 3 N–H and O–H groups in total. The predicted molar refractivity (Wildman–Crippen MR) is 119 cm³/mol. The Bertz CT molecular complexity index is 1050. The third kappa shape index (κ3) is 5.80. The van der Waals surface area contributed by atoms with Crippen LogP contribution in [0, 0.1) is 0 Å². The van der Waals surface area contributed by atoms with Gasteiger partial charge in [0.2, 0.25) is 12.2 Å². The number of rotatable bonds is 8. The fourth-order valence-corrected chi connectivity index (χ4v) is 3.71. The number of tetrazole rings is 1. The van der Waals surface area contributed by atoms with Crippen LogP contribution in [0.1, 0.15) is 13.3 Å². The van der Waals surface area contributed by atoms with Gasteiger partial charge >= 0.3 is 0 Å². The average molecular weight is 457 g/mol. The second kappa shape index (κ2) is 10.3. The van der Waals surface area contributed by atoms with E-state index in [2.05, 4.69) is 43.1 Å².